The average Bonchev–Trinajstić information content (AvgIpc) is 2.47. The van der Waals surface area contributed by atoms with Crippen molar-refractivity contribution in [1.82, 2.24) is 0 Å². The first kappa shape index (κ1) is 14.9. The number of hydrogen-bond donors (Lipinski definition) is 1. The van der Waals surface area contributed by atoms with E-state index in [0.717, 1.165) is 16.3 Å². The minimum atomic E-state index is -0.252. The molecule has 0 bridgehead atoms. The van der Waals surface area contributed by atoms with Gasteiger partial charge in [0.15, 0.2) is 0 Å². The fourth-order valence-corrected chi connectivity index (χ4v) is 2.72. The molecule has 1 N–H and O–H groups in total. The van der Waals surface area contributed by atoms with E-state index in [-0.39, 0.29) is 5.82 Å². The molecule has 0 heterocycles. The second-order valence-electron chi connectivity index (χ2n) is 4.19. The lowest BCUT2D eigenvalue weighted by atomic mass is 10.2. The van der Waals surface area contributed by atoms with Crippen molar-refractivity contribution in [3.05, 3.63) is 71.5 Å². The van der Waals surface area contributed by atoms with Crippen molar-refractivity contribution in [2.75, 3.05) is 11.1 Å². The van der Waals surface area contributed by atoms with Gasteiger partial charge in [-0.3, -0.25) is 0 Å². The Morgan fingerprint density at radius 3 is 2.85 bits per heavy atom. The minimum absolute atomic E-state index is 0.252. The lowest BCUT2D eigenvalue weighted by Gasteiger charge is -2.12. The molecule has 0 amide bonds. The van der Waals surface area contributed by atoms with E-state index in [9.17, 15) is 4.39 Å². The van der Waals surface area contributed by atoms with Crippen molar-refractivity contribution < 1.29 is 4.39 Å². The molecule has 0 fully saturated rings. The minimum Gasteiger partial charge on any atom is -0.380 e. The highest BCUT2D eigenvalue weighted by Crippen LogP contribution is 2.27. The molecule has 1 nitrogen and oxygen atoms in total. The molecule has 0 unspecified atom stereocenters. The molecule has 0 spiro atoms. The van der Waals surface area contributed by atoms with Gasteiger partial charge in [0, 0.05) is 33.5 Å². The number of rotatable bonds is 6. The van der Waals surface area contributed by atoms with Crippen LogP contribution in [-0.2, 0) is 6.54 Å². The third-order valence-corrected chi connectivity index (χ3v) is 4.03. The van der Waals surface area contributed by atoms with Crippen LogP contribution in [0.5, 0.6) is 0 Å². The molecule has 4 heteroatoms. The Kier molecular flexibility index (Phi) is 5.50. The molecule has 104 valence electrons. The summed E-state index contributed by atoms with van der Waals surface area (Å²) in [6, 6.07) is 12.5. The first-order chi connectivity index (χ1) is 9.70. The van der Waals surface area contributed by atoms with Crippen LogP contribution in [0.25, 0.3) is 0 Å². The maximum Gasteiger partial charge on any atom is 0.128 e. The number of nitrogens with one attached hydrogen (secondary N) is 1. The zero-order valence-electron chi connectivity index (χ0n) is 10.9. The summed E-state index contributed by atoms with van der Waals surface area (Å²) in [4.78, 5) is 1.12. The van der Waals surface area contributed by atoms with E-state index < -0.39 is 0 Å². The Bertz CT molecular complexity index is 601. The lowest BCUT2D eigenvalue weighted by Crippen LogP contribution is -2.02. The van der Waals surface area contributed by atoms with Gasteiger partial charge in [0.25, 0.3) is 0 Å². The number of para-hydroxylation sites is 1. The van der Waals surface area contributed by atoms with Gasteiger partial charge in [-0.2, -0.15) is 0 Å². The van der Waals surface area contributed by atoms with Gasteiger partial charge in [-0.1, -0.05) is 29.8 Å². The van der Waals surface area contributed by atoms with Crippen LogP contribution < -0.4 is 5.32 Å². The number of thioether (sulfide) groups is 1. The zero-order valence-corrected chi connectivity index (χ0v) is 12.5. The van der Waals surface area contributed by atoms with E-state index in [2.05, 4.69) is 11.9 Å². The summed E-state index contributed by atoms with van der Waals surface area (Å²) in [6.07, 6.45) is 1.86. The second-order valence-corrected chi connectivity index (χ2v) is 5.68. The van der Waals surface area contributed by atoms with E-state index in [1.54, 1.807) is 23.9 Å². The highest BCUT2D eigenvalue weighted by atomic mass is 35.5. The summed E-state index contributed by atoms with van der Waals surface area (Å²) in [7, 11) is 0. The first-order valence-electron chi connectivity index (χ1n) is 6.21. The number of benzene rings is 2. The van der Waals surface area contributed by atoms with Crippen LogP contribution in [0.3, 0.4) is 0 Å². The summed E-state index contributed by atoms with van der Waals surface area (Å²) in [6.45, 7) is 4.12. The van der Waals surface area contributed by atoms with Gasteiger partial charge in [-0.05, 0) is 30.3 Å². The number of halogens is 2. The Balaban J connectivity index is 2.10. The van der Waals surface area contributed by atoms with Crippen molar-refractivity contribution in [3.8, 4) is 0 Å². The molecule has 2 aromatic carbocycles. The normalized spacial score (nSPS) is 10.3. The fraction of sp³-hybridized carbons (Fsp3) is 0.125. The third kappa shape index (κ3) is 4.02. The van der Waals surface area contributed by atoms with Crippen LogP contribution in [0, 0.1) is 5.82 Å². The SMILES string of the molecule is C=CCSc1ccccc1NCc1cc(Cl)ccc1F. The second kappa shape index (κ2) is 7.36. The quantitative estimate of drug-likeness (QED) is 0.569. The van der Waals surface area contributed by atoms with Crippen molar-refractivity contribution >= 4 is 29.1 Å². The number of hydrogen-bond acceptors (Lipinski definition) is 2. The third-order valence-electron chi connectivity index (χ3n) is 2.72. The van der Waals surface area contributed by atoms with Crippen LogP contribution in [0.4, 0.5) is 10.1 Å². The van der Waals surface area contributed by atoms with E-state index >= 15 is 0 Å². The molecule has 0 aromatic heterocycles. The van der Waals surface area contributed by atoms with Gasteiger partial charge in [-0.15, -0.1) is 18.3 Å². The summed E-state index contributed by atoms with van der Waals surface area (Å²) in [5, 5.41) is 3.79. The molecule has 0 atom stereocenters. The predicted octanol–water partition coefficient (Wildman–Crippen LogP) is 5.37. The predicted molar refractivity (Wildman–Crippen MR) is 86.1 cm³/mol. The maximum atomic E-state index is 13.7. The molecular weight excluding hydrogens is 293 g/mol. The maximum absolute atomic E-state index is 13.7. The Morgan fingerprint density at radius 2 is 2.05 bits per heavy atom. The smallest absolute Gasteiger partial charge is 0.128 e. The summed E-state index contributed by atoms with van der Waals surface area (Å²) in [5.41, 5.74) is 1.54. The van der Waals surface area contributed by atoms with Crippen LogP contribution >= 0.6 is 23.4 Å². The van der Waals surface area contributed by atoms with E-state index in [1.807, 2.05) is 30.3 Å². The Hall–Kier alpha value is -1.45. The molecule has 0 aliphatic heterocycles. The van der Waals surface area contributed by atoms with E-state index in [0.29, 0.717) is 17.1 Å². The highest BCUT2D eigenvalue weighted by Gasteiger charge is 2.05. The largest absolute Gasteiger partial charge is 0.380 e. The molecule has 20 heavy (non-hydrogen) atoms. The number of anilines is 1. The van der Waals surface area contributed by atoms with E-state index in [4.69, 9.17) is 11.6 Å². The molecule has 0 radical (unpaired) electrons. The van der Waals surface area contributed by atoms with Crippen molar-refractivity contribution in [2.24, 2.45) is 0 Å². The summed E-state index contributed by atoms with van der Waals surface area (Å²) < 4.78 is 13.7. The van der Waals surface area contributed by atoms with E-state index in [1.165, 1.54) is 6.07 Å². The highest BCUT2D eigenvalue weighted by molar-refractivity contribution is 7.99. The van der Waals surface area contributed by atoms with Crippen LogP contribution in [0.2, 0.25) is 5.02 Å². The molecule has 0 aliphatic rings. The molecule has 0 aliphatic carbocycles. The van der Waals surface area contributed by atoms with Crippen LogP contribution in [0.1, 0.15) is 5.56 Å². The molecule has 0 saturated heterocycles. The van der Waals surface area contributed by atoms with Gasteiger partial charge in [0.2, 0.25) is 0 Å². The average molecular weight is 308 g/mol. The molecule has 2 aromatic rings. The van der Waals surface area contributed by atoms with Gasteiger partial charge < -0.3 is 5.32 Å². The van der Waals surface area contributed by atoms with Gasteiger partial charge >= 0.3 is 0 Å². The summed E-state index contributed by atoms with van der Waals surface area (Å²) >= 11 is 7.58. The fourth-order valence-electron chi connectivity index (χ4n) is 1.76. The van der Waals surface area contributed by atoms with Gasteiger partial charge in [0.05, 0.1) is 0 Å². The van der Waals surface area contributed by atoms with Crippen molar-refractivity contribution in [3.63, 3.8) is 0 Å². The van der Waals surface area contributed by atoms with Gasteiger partial charge in [0.1, 0.15) is 5.82 Å². The standard InChI is InChI=1S/C16H15ClFNS/c1-2-9-20-16-6-4-3-5-15(16)19-11-12-10-13(17)7-8-14(12)18/h2-8,10,19H,1,9,11H2. The lowest BCUT2D eigenvalue weighted by molar-refractivity contribution is 0.613. The van der Waals surface area contributed by atoms with Crippen LogP contribution in [0.15, 0.2) is 60.0 Å². The monoisotopic (exact) mass is 307 g/mol. The topological polar surface area (TPSA) is 12.0 Å². The summed E-state index contributed by atoms with van der Waals surface area (Å²) in [5.74, 6) is 0.586. The zero-order chi connectivity index (χ0) is 14.4. The Labute approximate surface area is 127 Å². The van der Waals surface area contributed by atoms with Crippen molar-refractivity contribution in [1.29, 1.82) is 0 Å². The first-order valence-corrected chi connectivity index (χ1v) is 7.57. The molecule has 0 saturated carbocycles. The Morgan fingerprint density at radius 1 is 1.25 bits per heavy atom. The van der Waals surface area contributed by atoms with Crippen molar-refractivity contribution in [2.45, 2.75) is 11.4 Å². The van der Waals surface area contributed by atoms with Crippen LogP contribution in [-0.4, -0.2) is 5.75 Å². The molecule has 2 rings (SSSR count). The van der Waals surface area contributed by atoms with Gasteiger partial charge in [-0.25, -0.2) is 4.39 Å². The molecular formula is C16H15ClFNS.